The number of nitrogens with zero attached hydrogens (tertiary/aromatic N) is 2. The first kappa shape index (κ1) is 13.5. The molecule has 0 saturated carbocycles. The van der Waals surface area contributed by atoms with Gasteiger partial charge in [-0.2, -0.15) is 0 Å². The van der Waals surface area contributed by atoms with Crippen molar-refractivity contribution < 1.29 is 4.79 Å². The molecule has 1 aliphatic heterocycles. The average Bonchev–Trinajstić information content (AvgIpc) is 2.89. The third-order valence-corrected chi connectivity index (χ3v) is 4.56. The smallest absolute Gasteiger partial charge is 0.222 e. The highest BCUT2D eigenvalue weighted by Crippen LogP contribution is 2.23. The lowest BCUT2D eigenvalue weighted by atomic mass is 10.1. The minimum absolute atomic E-state index is 0.123. The van der Waals surface area contributed by atoms with Gasteiger partial charge in [-0.15, -0.1) is 11.3 Å². The molecule has 1 saturated heterocycles. The molecule has 1 fully saturated rings. The molecule has 0 aliphatic carbocycles. The van der Waals surface area contributed by atoms with E-state index in [9.17, 15) is 4.79 Å². The maximum absolute atomic E-state index is 11.5. The SMILES string of the molecule is Cc1csc(C(C)(C)NCCN2CCCC2=O)n1. The van der Waals surface area contributed by atoms with Gasteiger partial charge in [0.05, 0.1) is 5.54 Å². The lowest BCUT2D eigenvalue weighted by Crippen LogP contribution is -2.41. The molecule has 4 nitrogen and oxygen atoms in total. The highest BCUT2D eigenvalue weighted by molar-refractivity contribution is 7.09. The fourth-order valence-corrected chi connectivity index (χ4v) is 3.06. The summed E-state index contributed by atoms with van der Waals surface area (Å²) in [5.41, 5.74) is 0.946. The standard InChI is InChI=1S/C13H21N3OS/c1-10-9-18-12(15-10)13(2,3)14-6-8-16-7-4-5-11(16)17/h9,14H,4-8H2,1-3H3. The quantitative estimate of drug-likeness (QED) is 0.886. The number of amides is 1. The summed E-state index contributed by atoms with van der Waals surface area (Å²) in [6.07, 6.45) is 1.73. The summed E-state index contributed by atoms with van der Waals surface area (Å²) in [6, 6.07) is 0. The molecule has 0 unspecified atom stereocenters. The second-order valence-electron chi connectivity index (χ2n) is 5.33. The van der Waals surface area contributed by atoms with Crippen LogP contribution in [-0.2, 0) is 10.3 Å². The van der Waals surface area contributed by atoms with Crippen LogP contribution in [-0.4, -0.2) is 35.4 Å². The maximum atomic E-state index is 11.5. The van der Waals surface area contributed by atoms with E-state index in [4.69, 9.17) is 0 Å². The van der Waals surface area contributed by atoms with Crippen molar-refractivity contribution in [3.8, 4) is 0 Å². The largest absolute Gasteiger partial charge is 0.341 e. The van der Waals surface area contributed by atoms with E-state index < -0.39 is 0 Å². The normalized spacial score (nSPS) is 16.6. The van der Waals surface area contributed by atoms with Crippen molar-refractivity contribution in [3.63, 3.8) is 0 Å². The predicted octanol–water partition coefficient (Wildman–Crippen LogP) is 1.90. The van der Waals surface area contributed by atoms with Gasteiger partial charge in [0.1, 0.15) is 5.01 Å². The van der Waals surface area contributed by atoms with E-state index in [0.717, 1.165) is 43.2 Å². The molecule has 1 amide bonds. The molecule has 0 radical (unpaired) electrons. The highest BCUT2D eigenvalue weighted by atomic mass is 32.1. The van der Waals surface area contributed by atoms with Crippen molar-refractivity contribution in [1.82, 2.24) is 15.2 Å². The Kier molecular flexibility index (Phi) is 4.02. The van der Waals surface area contributed by atoms with Crippen molar-refractivity contribution >= 4 is 17.2 Å². The molecule has 100 valence electrons. The number of nitrogens with one attached hydrogen (secondary N) is 1. The molecule has 1 N–H and O–H groups in total. The van der Waals surface area contributed by atoms with E-state index in [-0.39, 0.29) is 5.54 Å². The number of hydrogen-bond acceptors (Lipinski definition) is 4. The van der Waals surface area contributed by atoms with Crippen LogP contribution in [0.25, 0.3) is 0 Å². The molecule has 5 heteroatoms. The topological polar surface area (TPSA) is 45.2 Å². The molecule has 0 spiro atoms. The van der Waals surface area contributed by atoms with Gasteiger partial charge in [-0.25, -0.2) is 4.98 Å². The van der Waals surface area contributed by atoms with Gasteiger partial charge < -0.3 is 10.2 Å². The van der Waals surface area contributed by atoms with Crippen molar-refractivity contribution in [2.24, 2.45) is 0 Å². The first-order valence-corrected chi connectivity index (χ1v) is 7.32. The fraction of sp³-hybridized carbons (Fsp3) is 0.692. The van der Waals surface area contributed by atoms with Gasteiger partial charge in [-0.3, -0.25) is 4.79 Å². The molecule has 1 aromatic rings. The number of carbonyl (C=O) groups excluding carboxylic acids is 1. The molecule has 2 heterocycles. The molecular weight excluding hydrogens is 246 g/mol. The van der Waals surface area contributed by atoms with Crippen LogP contribution in [0, 0.1) is 6.92 Å². The summed E-state index contributed by atoms with van der Waals surface area (Å²) in [5.74, 6) is 0.291. The Morgan fingerprint density at radius 2 is 2.33 bits per heavy atom. The molecular formula is C13H21N3OS. The second-order valence-corrected chi connectivity index (χ2v) is 6.19. The van der Waals surface area contributed by atoms with E-state index >= 15 is 0 Å². The molecule has 18 heavy (non-hydrogen) atoms. The second kappa shape index (κ2) is 5.36. The average molecular weight is 267 g/mol. The van der Waals surface area contributed by atoms with Crippen molar-refractivity contribution in [2.75, 3.05) is 19.6 Å². The lowest BCUT2D eigenvalue weighted by molar-refractivity contribution is -0.127. The van der Waals surface area contributed by atoms with Crippen LogP contribution in [0.5, 0.6) is 0 Å². The van der Waals surface area contributed by atoms with E-state index in [1.165, 1.54) is 0 Å². The summed E-state index contributed by atoms with van der Waals surface area (Å²) < 4.78 is 0. The zero-order chi connectivity index (χ0) is 13.2. The maximum Gasteiger partial charge on any atom is 0.222 e. The number of likely N-dealkylation sites (tertiary alicyclic amines) is 1. The summed E-state index contributed by atoms with van der Waals surface area (Å²) >= 11 is 1.69. The number of rotatable bonds is 5. The highest BCUT2D eigenvalue weighted by Gasteiger charge is 2.24. The van der Waals surface area contributed by atoms with Crippen LogP contribution in [0.3, 0.4) is 0 Å². The zero-order valence-electron chi connectivity index (χ0n) is 11.3. The van der Waals surface area contributed by atoms with E-state index in [2.05, 4.69) is 29.5 Å². The number of thiazole rings is 1. The Morgan fingerprint density at radius 1 is 1.56 bits per heavy atom. The first-order valence-electron chi connectivity index (χ1n) is 6.44. The number of carbonyl (C=O) groups is 1. The van der Waals surface area contributed by atoms with E-state index in [0.29, 0.717) is 5.91 Å². The third-order valence-electron chi connectivity index (χ3n) is 3.27. The van der Waals surface area contributed by atoms with Crippen LogP contribution >= 0.6 is 11.3 Å². The summed E-state index contributed by atoms with van der Waals surface area (Å²) in [7, 11) is 0. The minimum Gasteiger partial charge on any atom is -0.341 e. The molecule has 0 atom stereocenters. The van der Waals surface area contributed by atoms with Gasteiger partial charge in [0, 0.05) is 37.1 Å². The zero-order valence-corrected chi connectivity index (χ0v) is 12.1. The monoisotopic (exact) mass is 267 g/mol. The molecule has 2 rings (SSSR count). The van der Waals surface area contributed by atoms with Crippen molar-refractivity contribution in [2.45, 2.75) is 39.2 Å². The number of aryl methyl sites for hydroxylation is 1. The van der Waals surface area contributed by atoms with Crippen LogP contribution in [0.2, 0.25) is 0 Å². The summed E-state index contributed by atoms with van der Waals surface area (Å²) in [5, 5.41) is 6.67. The van der Waals surface area contributed by atoms with Gasteiger partial charge in [0.2, 0.25) is 5.91 Å². The predicted molar refractivity (Wildman–Crippen MR) is 73.7 cm³/mol. The Labute approximate surface area is 112 Å². The summed E-state index contributed by atoms with van der Waals surface area (Å²) in [6.45, 7) is 8.81. The Balaban J connectivity index is 1.83. The van der Waals surface area contributed by atoms with Gasteiger partial charge in [0.15, 0.2) is 0 Å². The number of aromatic nitrogens is 1. The van der Waals surface area contributed by atoms with Crippen LogP contribution < -0.4 is 5.32 Å². The van der Waals surface area contributed by atoms with Gasteiger partial charge in [-0.1, -0.05) is 0 Å². The van der Waals surface area contributed by atoms with Crippen molar-refractivity contribution in [3.05, 3.63) is 16.1 Å². The van der Waals surface area contributed by atoms with Crippen LogP contribution in [0.4, 0.5) is 0 Å². The van der Waals surface area contributed by atoms with Crippen LogP contribution in [0.1, 0.15) is 37.4 Å². The third kappa shape index (κ3) is 3.09. The van der Waals surface area contributed by atoms with Gasteiger partial charge in [-0.05, 0) is 27.2 Å². The Morgan fingerprint density at radius 3 is 2.89 bits per heavy atom. The van der Waals surface area contributed by atoms with Crippen LogP contribution in [0.15, 0.2) is 5.38 Å². The molecule has 1 aromatic heterocycles. The molecule has 1 aliphatic rings. The Hall–Kier alpha value is -0.940. The van der Waals surface area contributed by atoms with Gasteiger partial charge in [0.25, 0.3) is 0 Å². The molecule has 0 bridgehead atoms. The minimum atomic E-state index is -0.123. The summed E-state index contributed by atoms with van der Waals surface area (Å²) in [4.78, 5) is 18.0. The van der Waals surface area contributed by atoms with E-state index in [1.807, 2.05) is 11.8 Å². The number of hydrogen-bond donors (Lipinski definition) is 1. The lowest BCUT2D eigenvalue weighted by Gasteiger charge is -2.25. The Bertz CT molecular complexity index is 428. The first-order chi connectivity index (χ1) is 8.49. The fourth-order valence-electron chi connectivity index (χ4n) is 2.16. The molecule has 0 aromatic carbocycles. The van der Waals surface area contributed by atoms with Crippen molar-refractivity contribution in [1.29, 1.82) is 0 Å². The van der Waals surface area contributed by atoms with Gasteiger partial charge >= 0.3 is 0 Å². The van der Waals surface area contributed by atoms with E-state index in [1.54, 1.807) is 11.3 Å².